The van der Waals surface area contributed by atoms with Gasteiger partial charge in [-0.25, -0.2) is 0 Å². The summed E-state index contributed by atoms with van der Waals surface area (Å²) < 4.78 is 5.43. The molecule has 0 bridgehead atoms. The van der Waals surface area contributed by atoms with Crippen molar-refractivity contribution in [2.75, 3.05) is 6.61 Å². The Morgan fingerprint density at radius 1 is 1.24 bits per heavy atom. The fourth-order valence-corrected chi connectivity index (χ4v) is 2.72. The van der Waals surface area contributed by atoms with Gasteiger partial charge in [-0.2, -0.15) is 0 Å². The van der Waals surface area contributed by atoms with Crippen LogP contribution in [0.3, 0.4) is 0 Å². The lowest BCUT2D eigenvalue weighted by atomic mass is 9.94. The van der Waals surface area contributed by atoms with Crippen LogP contribution in [0.4, 0.5) is 0 Å². The summed E-state index contributed by atoms with van der Waals surface area (Å²) >= 11 is 0. The third-order valence-electron chi connectivity index (χ3n) is 3.68. The first-order valence-corrected chi connectivity index (χ1v) is 6.78. The molecule has 1 aromatic carbocycles. The standard InChI is InChI=1S/C15H23NO/c1-2-17-14-9-7-13(8-10-14)15(16)11-12-5-3-4-6-12/h7-10,12,15H,2-6,11,16H2,1H3. The Hall–Kier alpha value is -1.02. The van der Waals surface area contributed by atoms with Crippen LogP contribution in [-0.4, -0.2) is 6.61 Å². The van der Waals surface area contributed by atoms with Crippen LogP contribution < -0.4 is 10.5 Å². The second-order valence-corrected chi connectivity index (χ2v) is 4.99. The van der Waals surface area contributed by atoms with Gasteiger partial charge in [-0.05, 0) is 37.0 Å². The zero-order chi connectivity index (χ0) is 12.1. The Balaban J connectivity index is 1.91. The van der Waals surface area contributed by atoms with Crippen LogP contribution in [0.15, 0.2) is 24.3 Å². The first-order valence-electron chi connectivity index (χ1n) is 6.78. The number of benzene rings is 1. The van der Waals surface area contributed by atoms with E-state index in [1.165, 1.54) is 31.2 Å². The topological polar surface area (TPSA) is 35.2 Å². The van der Waals surface area contributed by atoms with Crippen molar-refractivity contribution in [1.29, 1.82) is 0 Å². The molecule has 2 nitrogen and oxygen atoms in total. The average molecular weight is 233 g/mol. The lowest BCUT2D eigenvalue weighted by Crippen LogP contribution is -2.14. The molecule has 1 aliphatic carbocycles. The van der Waals surface area contributed by atoms with Gasteiger partial charge >= 0.3 is 0 Å². The van der Waals surface area contributed by atoms with Gasteiger partial charge in [0.25, 0.3) is 0 Å². The highest BCUT2D eigenvalue weighted by molar-refractivity contribution is 5.29. The van der Waals surface area contributed by atoms with Crippen LogP contribution in [0.25, 0.3) is 0 Å². The van der Waals surface area contributed by atoms with E-state index in [1.54, 1.807) is 0 Å². The van der Waals surface area contributed by atoms with Gasteiger partial charge in [0.15, 0.2) is 0 Å². The number of hydrogen-bond acceptors (Lipinski definition) is 2. The van der Waals surface area contributed by atoms with Crippen LogP contribution >= 0.6 is 0 Å². The Kier molecular flexibility index (Phi) is 4.43. The normalized spacial score (nSPS) is 18.2. The molecule has 1 atom stereocenters. The Labute approximate surface area is 104 Å². The molecular formula is C15H23NO. The number of nitrogens with two attached hydrogens (primary N) is 1. The van der Waals surface area contributed by atoms with Gasteiger partial charge in [0.05, 0.1) is 6.61 Å². The smallest absolute Gasteiger partial charge is 0.119 e. The van der Waals surface area contributed by atoms with Gasteiger partial charge in [0.1, 0.15) is 5.75 Å². The molecule has 1 fully saturated rings. The molecule has 0 saturated heterocycles. The molecule has 0 spiro atoms. The maximum Gasteiger partial charge on any atom is 0.119 e. The summed E-state index contributed by atoms with van der Waals surface area (Å²) in [5.41, 5.74) is 7.49. The van der Waals surface area contributed by atoms with Crippen molar-refractivity contribution in [3.05, 3.63) is 29.8 Å². The molecule has 1 aliphatic rings. The van der Waals surface area contributed by atoms with Crippen molar-refractivity contribution in [2.24, 2.45) is 11.7 Å². The van der Waals surface area contributed by atoms with Crippen LogP contribution in [0.1, 0.15) is 50.6 Å². The Morgan fingerprint density at radius 2 is 1.88 bits per heavy atom. The molecule has 1 unspecified atom stereocenters. The van der Waals surface area contributed by atoms with E-state index in [4.69, 9.17) is 10.5 Å². The van der Waals surface area contributed by atoms with Crippen molar-refractivity contribution < 1.29 is 4.74 Å². The molecule has 0 heterocycles. The molecule has 94 valence electrons. The van der Waals surface area contributed by atoms with Crippen molar-refractivity contribution >= 4 is 0 Å². The SMILES string of the molecule is CCOc1ccc(C(N)CC2CCCC2)cc1. The molecule has 0 aromatic heterocycles. The van der Waals surface area contributed by atoms with E-state index in [0.29, 0.717) is 6.61 Å². The summed E-state index contributed by atoms with van der Waals surface area (Å²) in [6, 6.07) is 8.43. The Morgan fingerprint density at radius 3 is 2.47 bits per heavy atom. The largest absolute Gasteiger partial charge is 0.494 e. The molecule has 2 rings (SSSR count). The predicted octanol–water partition coefficient (Wildman–Crippen LogP) is 3.67. The summed E-state index contributed by atoms with van der Waals surface area (Å²) in [6.45, 7) is 2.72. The van der Waals surface area contributed by atoms with Crippen LogP contribution in [-0.2, 0) is 0 Å². The molecule has 2 N–H and O–H groups in total. The fraction of sp³-hybridized carbons (Fsp3) is 0.600. The number of hydrogen-bond donors (Lipinski definition) is 1. The van der Waals surface area contributed by atoms with Gasteiger partial charge in [-0.3, -0.25) is 0 Å². The van der Waals surface area contributed by atoms with E-state index in [9.17, 15) is 0 Å². The second-order valence-electron chi connectivity index (χ2n) is 4.99. The minimum atomic E-state index is 0.189. The summed E-state index contributed by atoms with van der Waals surface area (Å²) in [5, 5.41) is 0. The number of ether oxygens (including phenoxy) is 1. The average Bonchev–Trinajstić information content (AvgIpc) is 2.83. The molecule has 17 heavy (non-hydrogen) atoms. The molecule has 0 radical (unpaired) electrons. The highest BCUT2D eigenvalue weighted by atomic mass is 16.5. The highest BCUT2D eigenvalue weighted by Gasteiger charge is 2.18. The summed E-state index contributed by atoms with van der Waals surface area (Å²) in [6.07, 6.45) is 6.64. The summed E-state index contributed by atoms with van der Waals surface area (Å²) in [7, 11) is 0. The lowest BCUT2D eigenvalue weighted by molar-refractivity contribution is 0.340. The maximum absolute atomic E-state index is 6.26. The van der Waals surface area contributed by atoms with E-state index < -0.39 is 0 Å². The zero-order valence-electron chi connectivity index (χ0n) is 10.7. The second kappa shape index (κ2) is 6.06. The molecule has 0 aliphatic heterocycles. The lowest BCUT2D eigenvalue weighted by Gasteiger charge is -2.17. The van der Waals surface area contributed by atoms with Crippen molar-refractivity contribution in [1.82, 2.24) is 0 Å². The monoisotopic (exact) mass is 233 g/mol. The van der Waals surface area contributed by atoms with E-state index in [1.807, 2.05) is 19.1 Å². The third-order valence-corrected chi connectivity index (χ3v) is 3.68. The minimum Gasteiger partial charge on any atom is -0.494 e. The molecule has 1 saturated carbocycles. The minimum absolute atomic E-state index is 0.189. The third kappa shape index (κ3) is 3.47. The summed E-state index contributed by atoms with van der Waals surface area (Å²) in [4.78, 5) is 0. The van der Waals surface area contributed by atoms with E-state index in [0.717, 1.165) is 18.1 Å². The van der Waals surface area contributed by atoms with Gasteiger partial charge in [-0.15, -0.1) is 0 Å². The van der Waals surface area contributed by atoms with E-state index in [2.05, 4.69) is 12.1 Å². The van der Waals surface area contributed by atoms with Crippen LogP contribution in [0.2, 0.25) is 0 Å². The van der Waals surface area contributed by atoms with Crippen molar-refractivity contribution in [2.45, 2.75) is 45.1 Å². The van der Waals surface area contributed by atoms with Gasteiger partial charge in [0.2, 0.25) is 0 Å². The fourth-order valence-electron chi connectivity index (χ4n) is 2.72. The van der Waals surface area contributed by atoms with E-state index in [-0.39, 0.29) is 6.04 Å². The van der Waals surface area contributed by atoms with Crippen LogP contribution in [0.5, 0.6) is 5.75 Å². The number of rotatable bonds is 5. The highest BCUT2D eigenvalue weighted by Crippen LogP contribution is 2.32. The molecular weight excluding hydrogens is 210 g/mol. The predicted molar refractivity (Wildman–Crippen MR) is 71.1 cm³/mol. The summed E-state index contributed by atoms with van der Waals surface area (Å²) in [5.74, 6) is 1.78. The van der Waals surface area contributed by atoms with Gasteiger partial charge < -0.3 is 10.5 Å². The van der Waals surface area contributed by atoms with Gasteiger partial charge in [-0.1, -0.05) is 37.8 Å². The maximum atomic E-state index is 6.26. The molecule has 1 aromatic rings. The van der Waals surface area contributed by atoms with Crippen molar-refractivity contribution in [3.8, 4) is 5.75 Å². The van der Waals surface area contributed by atoms with Gasteiger partial charge in [0, 0.05) is 6.04 Å². The Bertz CT molecular complexity index is 327. The van der Waals surface area contributed by atoms with Crippen LogP contribution in [0, 0.1) is 5.92 Å². The molecule has 2 heteroatoms. The zero-order valence-corrected chi connectivity index (χ0v) is 10.7. The first kappa shape index (κ1) is 12.4. The first-order chi connectivity index (χ1) is 8.29. The quantitative estimate of drug-likeness (QED) is 0.842. The van der Waals surface area contributed by atoms with Crippen molar-refractivity contribution in [3.63, 3.8) is 0 Å². The molecule has 0 amide bonds. The van der Waals surface area contributed by atoms with E-state index >= 15 is 0 Å².